The Hall–Kier alpha value is -2.10. The summed E-state index contributed by atoms with van der Waals surface area (Å²) in [5, 5.41) is 2.73. The summed E-state index contributed by atoms with van der Waals surface area (Å²) in [7, 11) is 0. The van der Waals surface area contributed by atoms with Crippen LogP contribution in [0.3, 0.4) is 0 Å². The molecule has 81 valence electrons. The van der Waals surface area contributed by atoms with Gasteiger partial charge in [-0.1, -0.05) is 12.1 Å². The third-order valence-electron chi connectivity index (χ3n) is 2.10. The molecule has 0 bridgehead atoms. The number of aromatic nitrogens is 2. The fourth-order valence-electron chi connectivity index (χ4n) is 1.46. The molecule has 0 aliphatic carbocycles. The van der Waals surface area contributed by atoms with Crippen LogP contribution in [0.4, 0.5) is 5.69 Å². The lowest BCUT2D eigenvalue weighted by molar-refractivity contribution is -0.114. The fraction of sp³-hybridized carbons (Fsp3) is 0.167. The van der Waals surface area contributed by atoms with Gasteiger partial charge in [0.25, 0.3) is 0 Å². The lowest BCUT2D eigenvalue weighted by atomic mass is 10.2. The molecule has 0 aliphatic heterocycles. The zero-order chi connectivity index (χ0) is 11.5. The molecule has 4 heteroatoms. The second-order valence-electron chi connectivity index (χ2n) is 3.58. The summed E-state index contributed by atoms with van der Waals surface area (Å²) < 4.78 is 0. The van der Waals surface area contributed by atoms with Crippen LogP contribution in [0.15, 0.2) is 24.3 Å². The van der Waals surface area contributed by atoms with E-state index in [1.54, 1.807) is 0 Å². The SMILES string of the molecule is CC(=O)Nc1cccc(-c2n[c]c(C)[nH]2)c1. The molecule has 0 atom stereocenters. The Bertz CT molecular complexity index is 516. The van der Waals surface area contributed by atoms with Crippen LogP contribution in [0, 0.1) is 13.1 Å². The molecule has 0 unspecified atom stereocenters. The van der Waals surface area contributed by atoms with E-state index in [-0.39, 0.29) is 5.91 Å². The van der Waals surface area contributed by atoms with Gasteiger partial charge < -0.3 is 10.3 Å². The van der Waals surface area contributed by atoms with Gasteiger partial charge in [0.2, 0.25) is 5.91 Å². The largest absolute Gasteiger partial charge is 0.341 e. The predicted octanol–water partition coefficient (Wildman–Crippen LogP) is 2.14. The van der Waals surface area contributed by atoms with Crippen molar-refractivity contribution in [1.82, 2.24) is 9.97 Å². The molecule has 0 aliphatic rings. The van der Waals surface area contributed by atoms with E-state index >= 15 is 0 Å². The van der Waals surface area contributed by atoms with Crippen LogP contribution in [-0.2, 0) is 4.79 Å². The third kappa shape index (κ3) is 2.28. The van der Waals surface area contributed by atoms with Gasteiger partial charge in [0.05, 0.1) is 0 Å². The van der Waals surface area contributed by atoms with Crippen molar-refractivity contribution in [2.45, 2.75) is 13.8 Å². The minimum atomic E-state index is -0.0839. The molecule has 4 nitrogen and oxygen atoms in total. The number of anilines is 1. The molecule has 1 amide bonds. The maximum atomic E-state index is 10.9. The highest BCUT2D eigenvalue weighted by atomic mass is 16.1. The molecule has 1 aromatic carbocycles. The van der Waals surface area contributed by atoms with Crippen molar-refractivity contribution in [1.29, 1.82) is 0 Å². The molecule has 2 aromatic rings. The average Bonchev–Trinajstić information content (AvgIpc) is 2.64. The molecule has 1 aromatic heterocycles. The number of nitrogens with one attached hydrogen (secondary N) is 2. The summed E-state index contributed by atoms with van der Waals surface area (Å²) in [4.78, 5) is 18.1. The van der Waals surface area contributed by atoms with E-state index in [1.165, 1.54) is 6.92 Å². The molecular weight excluding hydrogens is 202 g/mol. The summed E-state index contributed by atoms with van der Waals surface area (Å²) in [5.41, 5.74) is 2.58. The Morgan fingerprint density at radius 1 is 1.50 bits per heavy atom. The van der Waals surface area contributed by atoms with Crippen LogP contribution in [0.1, 0.15) is 12.6 Å². The number of amides is 1. The van der Waals surface area contributed by atoms with Gasteiger partial charge in [-0.05, 0) is 19.1 Å². The van der Waals surface area contributed by atoms with Crippen LogP contribution < -0.4 is 5.32 Å². The van der Waals surface area contributed by atoms with Crippen molar-refractivity contribution in [3.8, 4) is 11.4 Å². The van der Waals surface area contributed by atoms with E-state index in [1.807, 2.05) is 31.2 Å². The number of nitrogens with zero attached hydrogens (tertiary/aromatic N) is 1. The molecule has 0 spiro atoms. The Kier molecular flexibility index (Phi) is 2.72. The highest BCUT2D eigenvalue weighted by molar-refractivity contribution is 5.89. The van der Waals surface area contributed by atoms with E-state index in [2.05, 4.69) is 21.5 Å². The topological polar surface area (TPSA) is 57.8 Å². The van der Waals surface area contributed by atoms with Gasteiger partial charge in [-0.25, -0.2) is 4.98 Å². The molecule has 1 radical (unpaired) electrons. The van der Waals surface area contributed by atoms with E-state index < -0.39 is 0 Å². The van der Waals surface area contributed by atoms with Crippen LogP contribution in [0.2, 0.25) is 0 Å². The zero-order valence-corrected chi connectivity index (χ0v) is 9.16. The van der Waals surface area contributed by atoms with Crippen molar-refractivity contribution < 1.29 is 4.79 Å². The number of aryl methyl sites for hydroxylation is 1. The Balaban J connectivity index is 2.32. The van der Waals surface area contributed by atoms with Gasteiger partial charge in [-0.15, -0.1) is 0 Å². The smallest absolute Gasteiger partial charge is 0.221 e. The second-order valence-corrected chi connectivity index (χ2v) is 3.58. The molecule has 1 heterocycles. The monoisotopic (exact) mass is 214 g/mol. The van der Waals surface area contributed by atoms with E-state index in [0.29, 0.717) is 0 Å². The summed E-state index contributed by atoms with van der Waals surface area (Å²) in [5.74, 6) is 0.670. The maximum absolute atomic E-state index is 10.9. The van der Waals surface area contributed by atoms with Crippen molar-refractivity contribution >= 4 is 11.6 Å². The number of imidazole rings is 1. The number of hydrogen-bond donors (Lipinski definition) is 2. The first-order valence-corrected chi connectivity index (χ1v) is 4.97. The van der Waals surface area contributed by atoms with Gasteiger partial charge >= 0.3 is 0 Å². The van der Waals surface area contributed by atoms with Crippen molar-refractivity contribution in [3.63, 3.8) is 0 Å². The minimum absolute atomic E-state index is 0.0839. The lowest BCUT2D eigenvalue weighted by Gasteiger charge is -2.03. The zero-order valence-electron chi connectivity index (χ0n) is 9.16. The van der Waals surface area contributed by atoms with Gasteiger partial charge in [-0.2, -0.15) is 0 Å². The van der Waals surface area contributed by atoms with Gasteiger partial charge in [-0.3, -0.25) is 4.79 Å². The first-order valence-electron chi connectivity index (χ1n) is 4.97. The summed E-state index contributed by atoms with van der Waals surface area (Å²) in [6.45, 7) is 3.38. The Morgan fingerprint density at radius 2 is 2.31 bits per heavy atom. The number of rotatable bonds is 2. The number of carbonyl (C=O) groups excluding carboxylic acids is 1. The van der Waals surface area contributed by atoms with Crippen LogP contribution in [0.25, 0.3) is 11.4 Å². The molecular formula is C12H12N3O. The van der Waals surface area contributed by atoms with Gasteiger partial charge in [0.15, 0.2) is 0 Å². The number of H-pyrrole nitrogens is 1. The normalized spacial score (nSPS) is 10.1. The standard InChI is InChI=1S/C12H12N3O/c1-8-7-13-12(14-8)10-4-3-5-11(6-10)15-9(2)16/h3-6H,1-2H3,(H,13,14)(H,15,16). The summed E-state index contributed by atoms with van der Waals surface area (Å²) >= 11 is 0. The van der Waals surface area contributed by atoms with E-state index in [0.717, 1.165) is 22.8 Å². The molecule has 0 fully saturated rings. The highest BCUT2D eigenvalue weighted by Crippen LogP contribution is 2.19. The van der Waals surface area contributed by atoms with Crippen molar-refractivity contribution in [2.24, 2.45) is 0 Å². The van der Waals surface area contributed by atoms with Crippen LogP contribution >= 0.6 is 0 Å². The molecule has 2 N–H and O–H groups in total. The number of benzene rings is 1. The summed E-state index contributed by atoms with van der Waals surface area (Å²) in [6.07, 6.45) is 2.83. The predicted molar refractivity (Wildman–Crippen MR) is 61.9 cm³/mol. The second kappa shape index (κ2) is 4.18. The molecule has 0 saturated heterocycles. The third-order valence-corrected chi connectivity index (χ3v) is 2.10. The molecule has 16 heavy (non-hydrogen) atoms. The lowest BCUT2D eigenvalue weighted by Crippen LogP contribution is -2.05. The van der Waals surface area contributed by atoms with Crippen LogP contribution in [0.5, 0.6) is 0 Å². The maximum Gasteiger partial charge on any atom is 0.221 e. The number of aromatic amines is 1. The molecule has 0 saturated carbocycles. The molecule has 2 rings (SSSR count). The van der Waals surface area contributed by atoms with E-state index in [4.69, 9.17) is 0 Å². The number of carbonyl (C=O) groups is 1. The Morgan fingerprint density at radius 3 is 2.94 bits per heavy atom. The quantitative estimate of drug-likeness (QED) is 0.804. The first-order chi connectivity index (χ1) is 7.65. The Labute approximate surface area is 93.7 Å². The summed E-state index contributed by atoms with van der Waals surface area (Å²) in [6, 6.07) is 7.51. The van der Waals surface area contributed by atoms with Crippen molar-refractivity contribution in [3.05, 3.63) is 36.2 Å². The van der Waals surface area contributed by atoms with Gasteiger partial charge in [0, 0.05) is 23.9 Å². The van der Waals surface area contributed by atoms with Gasteiger partial charge in [0.1, 0.15) is 12.0 Å². The average molecular weight is 214 g/mol. The minimum Gasteiger partial charge on any atom is -0.341 e. The number of hydrogen-bond acceptors (Lipinski definition) is 2. The highest BCUT2D eigenvalue weighted by Gasteiger charge is 2.03. The van der Waals surface area contributed by atoms with Crippen LogP contribution in [-0.4, -0.2) is 15.9 Å². The van der Waals surface area contributed by atoms with E-state index in [9.17, 15) is 4.79 Å². The first kappa shape index (κ1) is 10.4. The van der Waals surface area contributed by atoms with Crippen molar-refractivity contribution in [2.75, 3.05) is 5.32 Å². The fourth-order valence-corrected chi connectivity index (χ4v) is 1.46.